The molecule has 1 aromatic heterocycles. The molecule has 1 fully saturated rings. The zero-order chi connectivity index (χ0) is 20.3. The summed E-state index contributed by atoms with van der Waals surface area (Å²) in [5.74, 6) is -0.749. The Balaban J connectivity index is 1.60. The van der Waals surface area contributed by atoms with Crippen LogP contribution in [0.5, 0.6) is 0 Å². The molecule has 2 aromatic rings. The number of sulfonamides is 1. The molecule has 1 aromatic carbocycles. The Morgan fingerprint density at radius 1 is 1.11 bits per heavy atom. The SMILES string of the molecule is Cc1ccc(C(=O)NCC(=O)Nc2cc(S(=O)(=O)N3CCCC3)sc2C)cc1. The first kappa shape index (κ1) is 20.5. The fraction of sp³-hybridized carbons (Fsp3) is 0.368. The molecule has 0 saturated carbocycles. The molecule has 0 unspecified atom stereocenters. The maximum Gasteiger partial charge on any atom is 0.252 e. The van der Waals surface area contributed by atoms with Gasteiger partial charge in [-0.3, -0.25) is 9.59 Å². The first-order valence-electron chi connectivity index (χ1n) is 9.02. The number of amides is 2. The van der Waals surface area contributed by atoms with Gasteiger partial charge < -0.3 is 10.6 Å². The summed E-state index contributed by atoms with van der Waals surface area (Å²) in [6.45, 7) is 4.55. The molecule has 1 aliphatic rings. The lowest BCUT2D eigenvalue weighted by molar-refractivity contribution is -0.115. The number of carbonyl (C=O) groups excluding carboxylic acids is 2. The molecule has 2 amide bonds. The predicted molar refractivity (Wildman–Crippen MR) is 109 cm³/mol. The zero-order valence-corrected chi connectivity index (χ0v) is 17.5. The monoisotopic (exact) mass is 421 g/mol. The Kier molecular flexibility index (Phi) is 6.17. The lowest BCUT2D eigenvalue weighted by Crippen LogP contribution is -2.32. The number of benzene rings is 1. The van der Waals surface area contributed by atoms with Gasteiger partial charge in [-0.05, 0) is 44.9 Å². The topological polar surface area (TPSA) is 95.6 Å². The van der Waals surface area contributed by atoms with Crippen LogP contribution in [-0.2, 0) is 14.8 Å². The second-order valence-electron chi connectivity index (χ2n) is 6.74. The van der Waals surface area contributed by atoms with Crippen molar-refractivity contribution in [1.82, 2.24) is 9.62 Å². The van der Waals surface area contributed by atoms with Crippen LogP contribution in [0.2, 0.25) is 0 Å². The largest absolute Gasteiger partial charge is 0.343 e. The van der Waals surface area contributed by atoms with Crippen molar-refractivity contribution in [1.29, 1.82) is 0 Å². The molecule has 0 bridgehead atoms. The first-order chi connectivity index (χ1) is 13.3. The van der Waals surface area contributed by atoms with E-state index in [1.807, 2.05) is 19.1 Å². The molecule has 0 radical (unpaired) electrons. The minimum Gasteiger partial charge on any atom is -0.343 e. The van der Waals surface area contributed by atoms with Crippen molar-refractivity contribution in [3.05, 3.63) is 46.3 Å². The molecule has 2 N–H and O–H groups in total. The van der Waals surface area contributed by atoms with E-state index in [2.05, 4.69) is 10.6 Å². The van der Waals surface area contributed by atoms with Crippen molar-refractivity contribution in [2.24, 2.45) is 0 Å². The van der Waals surface area contributed by atoms with Crippen molar-refractivity contribution in [3.63, 3.8) is 0 Å². The maximum atomic E-state index is 12.6. The van der Waals surface area contributed by atoms with E-state index in [-0.39, 0.29) is 16.7 Å². The molecule has 0 aliphatic carbocycles. The summed E-state index contributed by atoms with van der Waals surface area (Å²) in [5.41, 5.74) is 1.98. The van der Waals surface area contributed by atoms with Gasteiger partial charge in [0.25, 0.3) is 15.9 Å². The highest BCUT2D eigenvalue weighted by Gasteiger charge is 2.29. The van der Waals surface area contributed by atoms with Crippen LogP contribution in [0.25, 0.3) is 0 Å². The Hall–Kier alpha value is -2.23. The fourth-order valence-corrected chi connectivity index (χ4v) is 5.99. The van der Waals surface area contributed by atoms with E-state index < -0.39 is 15.9 Å². The summed E-state index contributed by atoms with van der Waals surface area (Å²) in [4.78, 5) is 25.0. The van der Waals surface area contributed by atoms with Crippen LogP contribution < -0.4 is 10.6 Å². The Morgan fingerprint density at radius 3 is 2.39 bits per heavy atom. The van der Waals surface area contributed by atoms with Crippen molar-refractivity contribution < 1.29 is 18.0 Å². The predicted octanol–water partition coefficient (Wildman–Crippen LogP) is 2.52. The molecule has 3 rings (SSSR count). The molecular formula is C19H23N3O4S2. The summed E-state index contributed by atoms with van der Waals surface area (Å²) in [7, 11) is -3.51. The van der Waals surface area contributed by atoms with Gasteiger partial charge in [-0.1, -0.05) is 17.7 Å². The Bertz CT molecular complexity index is 975. The van der Waals surface area contributed by atoms with Gasteiger partial charge in [0.1, 0.15) is 4.21 Å². The normalized spacial score (nSPS) is 14.8. The van der Waals surface area contributed by atoms with E-state index >= 15 is 0 Å². The first-order valence-corrected chi connectivity index (χ1v) is 11.3. The standard InChI is InChI=1S/C19H23N3O4S2/c1-13-5-7-15(8-6-13)19(24)20-12-17(23)21-16-11-18(27-14(16)2)28(25,26)22-9-3-4-10-22/h5-8,11H,3-4,9-10,12H2,1-2H3,(H,20,24)(H,21,23). The van der Waals surface area contributed by atoms with Crippen LogP contribution >= 0.6 is 11.3 Å². The molecule has 150 valence electrons. The van der Waals surface area contributed by atoms with Gasteiger partial charge in [0, 0.05) is 23.5 Å². The maximum absolute atomic E-state index is 12.6. The number of rotatable bonds is 6. The van der Waals surface area contributed by atoms with Crippen LogP contribution in [0, 0.1) is 13.8 Å². The third-order valence-corrected chi connectivity index (χ3v) is 7.95. The van der Waals surface area contributed by atoms with Gasteiger partial charge in [0.15, 0.2) is 0 Å². The molecule has 2 heterocycles. The highest BCUT2D eigenvalue weighted by Crippen LogP contribution is 2.32. The number of aryl methyl sites for hydroxylation is 2. The number of hydrogen-bond acceptors (Lipinski definition) is 5. The van der Waals surface area contributed by atoms with Gasteiger partial charge in [-0.15, -0.1) is 11.3 Å². The summed E-state index contributed by atoms with van der Waals surface area (Å²) in [5, 5.41) is 5.25. The van der Waals surface area contributed by atoms with E-state index in [9.17, 15) is 18.0 Å². The number of nitrogens with one attached hydrogen (secondary N) is 2. The number of anilines is 1. The van der Waals surface area contributed by atoms with Crippen LogP contribution in [0.4, 0.5) is 5.69 Å². The van der Waals surface area contributed by atoms with E-state index in [4.69, 9.17) is 0 Å². The highest BCUT2D eigenvalue weighted by atomic mass is 32.2. The molecule has 28 heavy (non-hydrogen) atoms. The number of nitrogens with zero attached hydrogens (tertiary/aromatic N) is 1. The molecule has 1 saturated heterocycles. The van der Waals surface area contributed by atoms with Gasteiger partial charge in [-0.25, -0.2) is 8.42 Å². The van der Waals surface area contributed by atoms with E-state index in [1.165, 1.54) is 10.4 Å². The molecule has 0 spiro atoms. The average molecular weight is 422 g/mol. The lowest BCUT2D eigenvalue weighted by atomic mass is 10.1. The van der Waals surface area contributed by atoms with Crippen molar-refractivity contribution in [2.45, 2.75) is 30.9 Å². The van der Waals surface area contributed by atoms with E-state index in [1.54, 1.807) is 19.1 Å². The van der Waals surface area contributed by atoms with Crippen LogP contribution in [-0.4, -0.2) is 44.2 Å². The van der Waals surface area contributed by atoms with Crippen LogP contribution in [0.3, 0.4) is 0 Å². The summed E-state index contributed by atoms with van der Waals surface area (Å²) >= 11 is 1.14. The molecule has 9 heteroatoms. The summed E-state index contributed by atoms with van der Waals surface area (Å²) in [6.07, 6.45) is 1.74. The van der Waals surface area contributed by atoms with Crippen LogP contribution in [0.15, 0.2) is 34.5 Å². The van der Waals surface area contributed by atoms with E-state index in [0.29, 0.717) is 29.2 Å². The minimum atomic E-state index is -3.51. The third-order valence-electron chi connectivity index (χ3n) is 4.55. The smallest absolute Gasteiger partial charge is 0.252 e. The second-order valence-corrected chi connectivity index (χ2v) is 10.2. The number of carbonyl (C=O) groups is 2. The molecular weight excluding hydrogens is 398 g/mol. The number of hydrogen-bond donors (Lipinski definition) is 2. The van der Waals surface area contributed by atoms with Gasteiger partial charge in [0.2, 0.25) is 5.91 Å². The number of thiophene rings is 1. The fourth-order valence-electron chi connectivity index (χ4n) is 2.92. The van der Waals surface area contributed by atoms with E-state index in [0.717, 1.165) is 29.7 Å². The molecule has 7 nitrogen and oxygen atoms in total. The van der Waals surface area contributed by atoms with Gasteiger partial charge in [-0.2, -0.15) is 4.31 Å². The molecule has 1 aliphatic heterocycles. The van der Waals surface area contributed by atoms with Gasteiger partial charge >= 0.3 is 0 Å². The second kappa shape index (κ2) is 8.42. The highest BCUT2D eigenvalue weighted by molar-refractivity contribution is 7.91. The lowest BCUT2D eigenvalue weighted by Gasteiger charge is -2.13. The van der Waals surface area contributed by atoms with Crippen molar-refractivity contribution in [2.75, 3.05) is 25.0 Å². The summed E-state index contributed by atoms with van der Waals surface area (Å²) < 4.78 is 27.0. The molecule has 0 atom stereocenters. The Labute approximate surface area is 168 Å². The summed E-state index contributed by atoms with van der Waals surface area (Å²) in [6, 6.07) is 8.54. The zero-order valence-electron chi connectivity index (χ0n) is 15.8. The van der Waals surface area contributed by atoms with Crippen LogP contribution in [0.1, 0.15) is 33.6 Å². The third kappa shape index (κ3) is 4.60. The Morgan fingerprint density at radius 2 is 1.75 bits per heavy atom. The van der Waals surface area contributed by atoms with Crippen molar-refractivity contribution in [3.8, 4) is 0 Å². The average Bonchev–Trinajstić information content (AvgIpc) is 3.32. The quantitative estimate of drug-likeness (QED) is 0.749. The van der Waals surface area contributed by atoms with Crippen molar-refractivity contribution >= 4 is 38.9 Å². The van der Waals surface area contributed by atoms with Gasteiger partial charge in [0.05, 0.1) is 12.2 Å². The minimum absolute atomic E-state index is 0.198.